The molecule has 0 spiro atoms. The molecule has 1 saturated heterocycles. The number of aryl methyl sites for hydroxylation is 1. The van der Waals surface area contributed by atoms with Crippen molar-refractivity contribution >= 4 is 35.1 Å². The fourth-order valence-electron chi connectivity index (χ4n) is 5.29. The number of amides is 2. The second-order valence-corrected chi connectivity index (χ2v) is 9.45. The number of hydrogen-bond acceptors (Lipinski definition) is 5. The lowest BCUT2D eigenvalue weighted by molar-refractivity contribution is -0.155. The van der Waals surface area contributed by atoms with E-state index in [0.29, 0.717) is 30.1 Å². The molecule has 8 heteroatoms. The van der Waals surface area contributed by atoms with E-state index in [1.54, 1.807) is 17.9 Å². The normalized spacial score (nSPS) is 25.9. The first-order valence-corrected chi connectivity index (χ1v) is 12.6. The summed E-state index contributed by atoms with van der Waals surface area (Å²) in [7, 11) is 0. The van der Waals surface area contributed by atoms with Gasteiger partial charge in [0.25, 0.3) is 0 Å². The summed E-state index contributed by atoms with van der Waals surface area (Å²) < 4.78 is 5.38. The highest BCUT2D eigenvalue weighted by Crippen LogP contribution is 2.46. The Bertz CT molecular complexity index is 914. The largest absolute Gasteiger partial charge is 0.466 e. The first-order valence-electron chi connectivity index (χ1n) is 12.2. The molecule has 1 aliphatic heterocycles. The summed E-state index contributed by atoms with van der Waals surface area (Å²) in [4.78, 5) is 41.9. The molecule has 1 aromatic rings. The molecule has 1 fully saturated rings. The summed E-state index contributed by atoms with van der Waals surface area (Å²) in [6.45, 7) is 6.22. The number of carbonyl (C=O) groups is 3. The third-order valence-corrected chi connectivity index (χ3v) is 7.15. The number of benzene rings is 1. The summed E-state index contributed by atoms with van der Waals surface area (Å²) in [5.74, 6) is -2.76. The van der Waals surface area contributed by atoms with E-state index in [0.717, 1.165) is 18.4 Å². The van der Waals surface area contributed by atoms with Crippen LogP contribution in [0.1, 0.15) is 45.1 Å². The van der Waals surface area contributed by atoms with E-state index in [4.69, 9.17) is 16.3 Å². The van der Waals surface area contributed by atoms with E-state index in [2.05, 4.69) is 5.32 Å². The minimum Gasteiger partial charge on any atom is -0.466 e. The molecule has 7 nitrogen and oxygen atoms in total. The molecule has 5 atom stereocenters. The van der Waals surface area contributed by atoms with Crippen molar-refractivity contribution in [2.24, 2.45) is 23.7 Å². The molecule has 2 N–H and O–H groups in total. The van der Waals surface area contributed by atoms with E-state index in [9.17, 15) is 19.5 Å². The van der Waals surface area contributed by atoms with Crippen LogP contribution in [0.5, 0.6) is 0 Å². The van der Waals surface area contributed by atoms with Crippen LogP contribution in [0.15, 0.2) is 30.4 Å². The van der Waals surface area contributed by atoms with Crippen LogP contribution in [-0.2, 0) is 19.1 Å². The number of nitrogens with zero attached hydrogens (tertiary/aromatic N) is 1. The predicted octanol–water partition coefficient (Wildman–Crippen LogP) is 3.97. The maximum atomic E-state index is 13.7. The third-order valence-electron chi connectivity index (χ3n) is 6.84. The fourth-order valence-corrected chi connectivity index (χ4v) is 5.56. The Balaban J connectivity index is 1.98. The first-order chi connectivity index (χ1) is 16.3. The van der Waals surface area contributed by atoms with Crippen LogP contribution in [0.25, 0.3) is 0 Å². The van der Waals surface area contributed by atoms with E-state index in [1.165, 1.54) is 0 Å². The number of allylic oxidation sites excluding steroid dienone is 1. The van der Waals surface area contributed by atoms with E-state index >= 15 is 0 Å². The minimum atomic E-state index is -0.775. The summed E-state index contributed by atoms with van der Waals surface area (Å²) in [5.41, 5.74) is 1.34. The smallest absolute Gasteiger partial charge is 0.310 e. The fraction of sp³-hybridized carbons (Fsp3) is 0.577. The average molecular weight is 491 g/mol. The molecule has 0 unspecified atom stereocenters. The number of anilines is 1. The summed E-state index contributed by atoms with van der Waals surface area (Å²) in [6.07, 6.45) is 6.63. The molecule has 0 radical (unpaired) electrons. The summed E-state index contributed by atoms with van der Waals surface area (Å²) >= 11 is 6.34. The van der Waals surface area contributed by atoms with Gasteiger partial charge in [-0.2, -0.15) is 0 Å². The zero-order valence-corrected chi connectivity index (χ0v) is 20.9. The van der Waals surface area contributed by atoms with Crippen LogP contribution in [0.3, 0.4) is 0 Å². The van der Waals surface area contributed by atoms with Gasteiger partial charge in [0.15, 0.2) is 0 Å². The number of likely N-dealkylation sites (tertiary alicyclic amines) is 1. The van der Waals surface area contributed by atoms with Gasteiger partial charge in [0, 0.05) is 19.1 Å². The molecule has 1 aromatic carbocycles. The van der Waals surface area contributed by atoms with Crippen molar-refractivity contribution in [3.05, 3.63) is 40.9 Å². The molecule has 0 saturated carbocycles. The van der Waals surface area contributed by atoms with Crippen LogP contribution < -0.4 is 5.32 Å². The molecule has 1 aliphatic carbocycles. The van der Waals surface area contributed by atoms with Crippen molar-refractivity contribution in [3.63, 3.8) is 0 Å². The molecule has 2 amide bonds. The van der Waals surface area contributed by atoms with Crippen molar-refractivity contribution in [1.82, 2.24) is 4.90 Å². The number of para-hydroxylation sites is 1. The van der Waals surface area contributed by atoms with Gasteiger partial charge in [-0.25, -0.2) is 0 Å². The number of ether oxygens (including phenoxy) is 1. The Morgan fingerprint density at radius 3 is 2.62 bits per heavy atom. The topological polar surface area (TPSA) is 95.9 Å². The zero-order chi connectivity index (χ0) is 24.8. The molecular formula is C26H35ClN2O5. The monoisotopic (exact) mass is 490 g/mol. The van der Waals surface area contributed by atoms with Crippen molar-refractivity contribution in [2.45, 2.75) is 52.5 Å². The Labute approximate surface area is 206 Å². The lowest BCUT2D eigenvalue weighted by Crippen LogP contribution is -2.45. The van der Waals surface area contributed by atoms with Crippen molar-refractivity contribution in [1.29, 1.82) is 0 Å². The Morgan fingerprint density at radius 2 is 1.97 bits per heavy atom. The molecule has 34 heavy (non-hydrogen) atoms. The predicted molar refractivity (Wildman–Crippen MR) is 131 cm³/mol. The molecule has 1 heterocycles. The van der Waals surface area contributed by atoms with Gasteiger partial charge in [-0.3, -0.25) is 14.4 Å². The maximum absolute atomic E-state index is 13.7. The number of unbranched alkanes of at least 4 members (excludes halogenated alkanes) is 1. The van der Waals surface area contributed by atoms with E-state index < -0.39 is 23.8 Å². The van der Waals surface area contributed by atoms with Crippen molar-refractivity contribution in [2.75, 3.05) is 25.1 Å². The summed E-state index contributed by atoms with van der Waals surface area (Å²) in [6, 6.07) is 4.60. The third kappa shape index (κ3) is 5.31. The second-order valence-electron chi connectivity index (χ2n) is 9.05. The Morgan fingerprint density at radius 1 is 1.21 bits per heavy atom. The number of hydrogen-bond donors (Lipinski definition) is 2. The highest BCUT2D eigenvalue weighted by atomic mass is 35.5. The molecular weight excluding hydrogens is 456 g/mol. The van der Waals surface area contributed by atoms with Gasteiger partial charge in [-0.05, 0) is 50.7 Å². The average Bonchev–Trinajstić information content (AvgIpc) is 3.08. The van der Waals surface area contributed by atoms with Gasteiger partial charge < -0.3 is 20.1 Å². The first kappa shape index (κ1) is 26.2. The van der Waals surface area contributed by atoms with Gasteiger partial charge in [0.05, 0.1) is 29.2 Å². The number of nitrogens with one attached hydrogen (secondary N) is 1. The van der Waals surface area contributed by atoms with Crippen molar-refractivity contribution < 1.29 is 24.2 Å². The van der Waals surface area contributed by atoms with Gasteiger partial charge in [-0.15, -0.1) is 0 Å². The number of esters is 1. The summed E-state index contributed by atoms with van der Waals surface area (Å²) in [5, 5.41) is 12.6. The number of halogens is 1. The molecule has 0 bridgehead atoms. The number of rotatable bonds is 10. The number of aliphatic hydroxyl groups is 1. The highest BCUT2D eigenvalue weighted by molar-refractivity contribution is 6.34. The maximum Gasteiger partial charge on any atom is 0.310 e. The van der Waals surface area contributed by atoms with Crippen LogP contribution in [0.2, 0.25) is 5.02 Å². The lowest BCUT2D eigenvalue weighted by atomic mass is 9.69. The minimum absolute atomic E-state index is 0.00843. The highest BCUT2D eigenvalue weighted by Gasteiger charge is 2.57. The quantitative estimate of drug-likeness (QED) is 0.294. The van der Waals surface area contributed by atoms with Crippen LogP contribution in [-0.4, -0.2) is 53.6 Å². The number of carbonyl (C=O) groups excluding carboxylic acids is 3. The van der Waals surface area contributed by atoms with Gasteiger partial charge in [-0.1, -0.05) is 49.2 Å². The van der Waals surface area contributed by atoms with Crippen LogP contribution in [0, 0.1) is 30.6 Å². The lowest BCUT2D eigenvalue weighted by Gasteiger charge is -2.33. The van der Waals surface area contributed by atoms with E-state index in [-0.39, 0.29) is 36.9 Å². The molecule has 3 rings (SSSR count). The van der Waals surface area contributed by atoms with Crippen molar-refractivity contribution in [3.8, 4) is 0 Å². The van der Waals surface area contributed by atoms with Crippen LogP contribution in [0.4, 0.5) is 5.69 Å². The molecule has 2 aliphatic rings. The van der Waals surface area contributed by atoms with Gasteiger partial charge in [0.1, 0.15) is 6.04 Å². The zero-order valence-electron chi connectivity index (χ0n) is 20.1. The molecule has 0 aromatic heterocycles. The molecule has 186 valence electrons. The number of aliphatic hydroxyl groups excluding tert-OH is 1. The second kappa shape index (κ2) is 11.8. The van der Waals surface area contributed by atoms with Crippen LogP contribution >= 0.6 is 11.6 Å². The van der Waals surface area contributed by atoms with E-state index in [1.807, 2.05) is 38.1 Å². The standard InChI is InChI=1S/C26H35ClN2O5/c1-4-9-17-12-13-18-21(20(17)26(33)34-5-2)25(32)29(14-6-7-15-30)23(18)24(31)28-22-16(3)10-8-11-19(22)27/h8,10-13,17-18,20-21,23,30H,4-7,9,14-15H2,1-3H3,(H,28,31)/t17-,18+,20-,21+,23+/m1/s1. The SMILES string of the molecule is CCC[C@@H]1C=C[C@H]2[C@H](C(=O)N(CCCCO)[C@@H]2C(=O)Nc2c(C)cccc2Cl)[C@@H]1C(=O)OCC. The Kier molecular flexibility index (Phi) is 9.14. The van der Waals surface area contributed by atoms with Gasteiger partial charge >= 0.3 is 5.97 Å². The Hall–Kier alpha value is -2.38. The number of fused-ring (bicyclic) bond motifs is 1. The van der Waals surface area contributed by atoms with Gasteiger partial charge in [0.2, 0.25) is 11.8 Å².